The van der Waals surface area contributed by atoms with Gasteiger partial charge in [-0.2, -0.15) is 0 Å². The summed E-state index contributed by atoms with van der Waals surface area (Å²) in [5.41, 5.74) is 0. The number of benzene rings is 1. The summed E-state index contributed by atoms with van der Waals surface area (Å²) in [4.78, 5) is 12.1. The number of carbonyl (C=O) groups excluding carboxylic acids is 1. The lowest BCUT2D eigenvalue weighted by atomic mass is 10.1. The van der Waals surface area contributed by atoms with Crippen LogP contribution in [0.25, 0.3) is 0 Å². The average molecular weight is 327 g/mol. The van der Waals surface area contributed by atoms with Crippen LogP contribution < -0.4 is 5.32 Å². The van der Waals surface area contributed by atoms with E-state index in [0.29, 0.717) is 12.8 Å². The van der Waals surface area contributed by atoms with Gasteiger partial charge in [0.2, 0.25) is 5.91 Å². The van der Waals surface area contributed by atoms with Crippen molar-refractivity contribution in [3.05, 3.63) is 30.3 Å². The molecular formula is C15H21NO5S. The SMILES string of the molecule is O=C(CCS(=O)(=O)c1ccccc1)N[C@H]1C[C@H](CO)[C@@H](O)C1. The van der Waals surface area contributed by atoms with Crippen molar-refractivity contribution in [2.45, 2.75) is 36.3 Å². The zero-order chi connectivity index (χ0) is 16.2. The van der Waals surface area contributed by atoms with Gasteiger partial charge in [0.15, 0.2) is 9.84 Å². The molecule has 6 nitrogen and oxygen atoms in total. The third kappa shape index (κ3) is 4.28. The monoisotopic (exact) mass is 327 g/mol. The average Bonchev–Trinajstić information content (AvgIpc) is 2.86. The van der Waals surface area contributed by atoms with Crippen LogP contribution in [0.15, 0.2) is 35.2 Å². The molecule has 1 aromatic carbocycles. The van der Waals surface area contributed by atoms with Gasteiger partial charge in [-0.05, 0) is 25.0 Å². The molecule has 0 unspecified atom stereocenters. The van der Waals surface area contributed by atoms with E-state index in [-0.39, 0.29) is 41.5 Å². The van der Waals surface area contributed by atoms with Crippen LogP contribution >= 0.6 is 0 Å². The van der Waals surface area contributed by atoms with E-state index in [2.05, 4.69) is 5.32 Å². The summed E-state index contributed by atoms with van der Waals surface area (Å²) in [7, 11) is -3.47. The maximum absolute atomic E-state index is 12.1. The van der Waals surface area contributed by atoms with E-state index in [1.807, 2.05) is 0 Å². The first-order valence-electron chi connectivity index (χ1n) is 7.28. The predicted molar refractivity (Wildman–Crippen MR) is 80.9 cm³/mol. The maximum Gasteiger partial charge on any atom is 0.221 e. The van der Waals surface area contributed by atoms with E-state index in [9.17, 15) is 18.3 Å². The van der Waals surface area contributed by atoms with Crippen molar-refractivity contribution in [3.63, 3.8) is 0 Å². The first-order valence-corrected chi connectivity index (χ1v) is 8.93. The number of hydrogen-bond donors (Lipinski definition) is 3. The molecule has 1 aliphatic rings. The highest BCUT2D eigenvalue weighted by atomic mass is 32.2. The predicted octanol–water partition coefficient (Wildman–Crippen LogP) is 0.0984. The summed E-state index contributed by atoms with van der Waals surface area (Å²) in [6, 6.07) is 7.82. The van der Waals surface area contributed by atoms with E-state index in [4.69, 9.17) is 5.11 Å². The second kappa shape index (κ2) is 7.21. The minimum Gasteiger partial charge on any atom is -0.396 e. The van der Waals surface area contributed by atoms with Crippen molar-refractivity contribution in [1.82, 2.24) is 5.32 Å². The highest BCUT2D eigenvalue weighted by Gasteiger charge is 2.33. The molecule has 0 saturated heterocycles. The topological polar surface area (TPSA) is 104 Å². The molecule has 0 aliphatic heterocycles. The molecule has 1 fully saturated rings. The molecule has 1 aliphatic carbocycles. The van der Waals surface area contributed by atoms with Crippen LogP contribution in [0.5, 0.6) is 0 Å². The number of aliphatic hydroxyl groups is 2. The van der Waals surface area contributed by atoms with Gasteiger partial charge in [-0.3, -0.25) is 4.79 Å². The number of amides is 1. The summed E-state index contributed by atoms with van der Waals surface area (Å²) in [6.07, 6.45) is 0.161. The van der Waals surface area contributed by atoms with Gasteiger partial charge < -0.3 is 15.5 Å². The number of carbonyl (C=O) groups is 1. The molecule has 0 aromatic heterocycles. The van der Waals surface area contributed by atoms with Gasteiger partial charge in [0.05, 0.1) is 16.8 Å². The number of hydrogen-bond acceptors (Lipinski definition) is 5. The van der Waals surface area contributed by atoms with E-state index < -0.39 is 15.9 Å². The second-order valence-electron chi connectivity index (χ2n) is 5.63. The second-order valence-corrected chi connectivity index (χ2v) is 7.74. The van der Waals surface area contributed by atoms with Crippen molar-refractivity contribution in [1.29, 1.82) is 0 Å². The Morgan fingerprint density at radius 3 is 2.50 bits per heavy atom. The largest absolute Gasteiger partial charge is 0.396 e. The molecule has 7 heteroatoms. The summed E-state index contributed by atoms with van der Waals surface area (Å²) in [6.45, 7) is -0.115. The molecule has 122 valence electrons. The molecule has 0 radical (unpaired) electrons. The van der Waals surface area contributed by atoms with Crippen molar-refractivity contribution < 1.29 is 23.4 Å². The van der Waals surface area contributed by atoms with Crippen molar-refractivity contribution >= 4 is 15.7 Å². The summed E-state index contributed by atoms with van der Waals surface area (Å²) in [5, 5.41) is 21.5. The lowest BCUT2D eigenvalue weighted by Crippen LogP contribution is -2.34. The highest BCUT2D eigenvalue weighted by molar-refractivity contribution is 7.91. The molecule has 1 aromatic rings. The zero-order valence-electron chi connectivity index (χ0n) is 12.2. The van der Waals surface area contributed by atoms with Gasteiger partial charge >= 0.3 is 0 Å². The molecule has 1 saturated carbocycles. The molecule has 22 heavy (non-hydrogen) atoms. The normalized spacial score (nSPS) is 25.1. The van der Waals surface area contributed by atoms with Gasteiger partial charge in [0, 0.05) is 25.0 Å². The number of rotatable bonds is 6. The zero-order valence-corrected chi connectivity index (χ0v) is 13.0. The highest BCUT2D eigenvalue weighted by Crippen LogP contribution is 2.25. The number of nitrogens with one attached hydrogen (secondary N) is 1. The van der Waals surface area contributed by atoms with E-state index in [0.717, 1.165) is 0 Å². The maximum atomic E-state index is 12.1. The van der Waals surface area contributed by atoms with E-state index >= 15 is 0 Å². The van der Waals surface area contributed by atoms with Crippen molar-refractivity contribution in [2.24, 2.45) is 5.92 Å². The summed E-state index contributed by atoms with van der Waals surface area (Å²) < 4.78 is 24.1. The number of aliphatic hydroxyl groups excluding tert-OH is 2. The van der Waals surface area contributed by atoms with Crippen molar-refractivity contribution in [2.75, 3.05) is 12.4 Å². The van der Waals surface area contributed by atoms with Crippen LogP contribution in [0, 0.1) is 5.92 Å². The third-order valence-electron chi connectivity index (χ3n) is 3.96. The Labute approximate surface area is 130 Å². The first-order chi connectivity index (χ1) is 10.4. The van der Waals surface area contributed by atoms with E-state index in [1.54, 1.807) is 18.2 Å². The summed E-state index contributed by atoms with van der Waals surface area (Å²) in [5.74, 6) is -0.824. The minimum atomic E-state index is -3.47. The molecule has 3 atom stereocenters. The lowest BCUT2D eigenvalue weighted by molar-refractivity contribution is -0.121. The van der Waals surface area contributed by atoms with Crippen LogP contribution in [0.4, 0.5) is 0 Å². The molecule has 3 N–H and O–H groups in total. The molecular weight excluding hydrogens is 306 g/mol. The Morgan fingerprint density at radius 1 is 1.23 bits per heavy atom. The Balaban J connectivity index is 1.84. The van der Waals surface area contributed by atoms with E-state index in [1.165, 1.54) is 12.1 Å². The minimum absolute atomic E-state index is 0.115. The fraction of sp³-hybridized carbons (Fsp3) is 0.533. The molecule has 0 heterocycles. The molecule has 2 rings (SSSR count). The van der Waals surface area contributed by atoms with Gasteiger partial charge in [0.1, 0.15) is 0 Å². The molecule has 0 bridgehead atoms. The Bertz CT molecular complexity index is 602. The quantitative estimate of drug-likeness (QED) is 0.687. The fourth-order valence-electron chi connectivity index (χ4n) is 2.69. The fourth-order valence-corrected chi connectivity index (χ4v) is 3.95. The van der Waals surface area contributed by atoms with Crippen LogP contribution in [-0.2, 0) is 14.6 Å². The lowest BCUT2D eigenvalue weighted by Gasteiger charge is -2.12. The Kier molecular flexibility index (Phi) is 5.55. The number of sulfone groups is 1. The van der Waals surface area contributed by atoms with Gasteiger partial charge in [0.25, 0.3) is 0 Å². The van der Waals surface area contributed by atoms with Crippen LogP contribution in [0.1, 0.15) is 19.3 Å². The summed E-state index contributed by atoms with van der Waals surface area (Å²) >= 11 is 0. The van der Waals surface area contributed by atoms with Gasteiger partial charge in [-0.25, -0.2) is 8.42 Å². The smallest absolute Gasteiger partial charge is 0.221 e. The van der Waals surface area contributed by atoms with Crippen LogP contribution in [0.2, 0.25) is 0 Å². The van der Waals surface area contributed by atoms with Crippen LogP contribution in [0.3, 0.4) is 0 Å². The van der Waals surface area contributed by atoms with Crippen molar-refractivity contribution in [3.8, 4) is 0 Å². The Morgan fingerprint density at radius 2 is 1.91 bits per heavy atom. The van der Waals surface area contributed by atoms with Gasteiger partial charge in [-0.15, -0.1) is 0 Å². The van der Waals surface area contributed by atoms with Crippen LogP contribution in [-0.4, -0.2) is 49.0 Å². The molecule has 0 spiro atoms. The standard InChI is InChI=1S/C15H21NO5S/c17-10-11-8-12(9-14(11)18)16-15(19)6-7-22(20,21)13-4-2-1-3-5-13/h1-5,11-12,14,17-18H,6-10H2,(H,16,19)/t11-,12+,14+/m1/s1. The first kappa shape index (κ1) is 16.9. The third-order valence-corrected chi connectivity index (χ3v) is 5.69. The Hall–Kier alpha value is -1.44. The van der Waals surface area contributed by atoms with Gasteiger partial charge in [-0.1, -0.05) is 18.2 Å². The molecule has 1 amide bonds.